The van der Waals surface area contributed by atoms with Gasteiger partial charge in [-0.1, -0.05) is 11.6 Å². The van der Waals surface area contributed by atoms with Gasteiger partial charge in [0.2, 0.25) is 0 Å². The summed E-state index contributed by atoms with van der Waals surface area (Å²) in [4.78, 5) is 23.6. The molecule has 1 aromatic carbocycles. The molecule has 0 spiro atoms. The molecule has 1 aromatic rings. The molecule has 0 amide bonds. The van der Waals surface area contributed by atoms with Gasteiger partial charge >= 0.3 is 6.18 Å². The smallest absolute Gasteiger partial charge is 0.417 e. The molecule has 0 aromatic heterocycles. The van der Waals surface area contributed by atoms with E-state index < -0.39 is 34.4 Å². The third kappa shape index (κ3) is 4.32. The maximum Gasteiger partial charge on any atom is 0.417 e. The lowest BCUT2D eigenvalue weighted by atomic mass is 9.97. The molecule has 0 saturated heterocycles. The van der Waals surface area contributed by atoms with Gasteiger partial charge in [0.15, 0.2) is 11.6 Å². The molecule has 0 heterocycles. The fourth-order valence-electron chi connectivity index (χ4n) is 1.56. The zero-order valence-electron chi connectivity index (χ0n) is 11.3. The Balaban J connectivity index is 3.39. The van der Waals surface area contributed by atoms with Crippen LogP contribution in [0.1, 0.15) is 29.8 Å². The zero-order valence-corrected chi connectivity index (χ0v) is 12.0. The van der Waals surface area contributed by atoms with Crippen LogP contribution in [-0.4, -0.2) is 18.2 Å². The van der Waals surface area contributed by atoms with Crippen molar-refractivity contribution in [1.82, 2.24) is 0 Å². The molecule has 7 heteroatoms. The SMILES string of the molecule is CCO/C=C(/C(C)=O)C(=O)c1ccc(Cl)cc1C(F)(F)F. The van der Waals surface area contributed by atoms with Gasteiger partial charge in [-0.15, -0.1) is 0 Å². The maximum absolute atomic E-state index is 13.0. The quantitative estimate of drug-likeness (QED) is 0.270. The van der Waals surface area contributed by atoms with Crippen LogP contribution in [0.4, 0.5) is 13.2 Å². The number of rotatable bonds is 5. The monoisotopic (exact) mass is 320 g/mol. The molecule has 0 aliphatic carbocycles. The minimum absolute atomic E-state index is 0.156. The first-order chi connectivity index (χ1) is 9.68. The Hall–Kier alpha value is -1.82. The van der Waals surface area contributed by atoms with Gasteiger partial charge in [-0.3, -0.25) is 9.59 Å². The van der Waals surface area contributed by atoms with E-state index in [9.17, 15) is 22.8 Å². The van der Waals surface area contributed by atoms with Crippen LogP contribution in [-0.2, 0) is 15.7 Å². The van der Waals surface area contributed by atoms with Gasteiger partial charge in [0.1, 0.15) is 0 Å². The van der Waals surface area contributed by atoms with Crippen LogP contribution in [0.3, 0.4) is 0 Å². The summed E-state index contributed by atoms with van der Waals surface area (Å²) in [5.41, 5.74) is -2.29. The molecule has 114 valence electrons. The zero-order chi connectivity index (χ0) is 16.2. The molecule has 0 N–H and O–H groups in total. The number of benzene rings is 1. The highest BCUT2D eigenvalue weighted by atomic mass is 35.5. The molecule has 0 saturated carbocycles. The van der Waals surface area contributed by atoms with E-state index in [1.807, 2.05) is 0 Å². The van der Waals surface area contributed by atoms with E-state index in [0.717, 1.165) is 25.3 Å². The summed E-state index contributed by atoms with van der Waals surface area (Å²) in [6.07, 6.45) is -3.89. The number of allylic oxidation sites excluding steroid dienone is 1. The van der Waals surface area contributed by atoms with Gasteiger partial charge in [-0.05, 0) is 32.0 Å². The number of ether oxygens (including phenoxy) is 1. The summed E-state index contributed by atoms with van der Waals surface area (Å²) in [5, 5.41) is -0.156. The minimum atomic E-state index is -4.76. The number of hydrogen-bond donors (Lipinski definition) is 0. The molecule has 0 radical (unpaired) electrons. The molecule has 21 heavy (non-hydrogen) atoms. The van der Waals surface area contributed by atoms with E-state index in [-0.39, 0.29) is 11.6 Å². The molecule has 0 unspecified atom stereocenters. The molecular weight excluding hydrogens is 309 g/mol. The highest BCUT2D eigenvalue weighted by molar-refractivity contribution is 6.31. The fraction of sp³-hybridized carbons (Fsp3) is 0.286. The highest BCUT2D eigenvalue weighted by Crippen LogP contribution is 2.34. The summed E-state index contributed by atoms with van der Waals surface area (Å²) in [6, 6.07) is 2.74. The van der Waals surface area contributed by atoms with Gasteiger partial charge in [0, 0.05) is 10.6 Å². The van der Waals surface area contributed by atoms with Crippen molar-refractivity contribution in [2.75, 3.05) is 6.61 Å². The lowest BCUT2D eigenvalue weighted by Crippen LogP contribution is -2.17. The van der Waals surface area contributed by atoms with Gasteiger partial charge in [0.25, 0.3) is 0 Å². The van der Waals surface area contributed by atoms with Gasteiger partial charge in [0.05, 0.1) is 24.0 Å². The van der Waals surface area contributed by atoms with Crippen LogP contribution in [0, 0.1) is 0 Å². The molecule has 0 fully saturated rings. The second kappa shape index (κ2) is 6.76. The molecule has 1 rings (SSSR count). The van der Waals surface area contributed by atoms with E-state index in [2.05, 4.69) is 0 Å². The summed E-state index contributed by atoms with van der Waals surface area (Å²) < 4.78 is 43.7. The van der Waals surface area contributed by atoms with E-state index in [1.54, 1.807) is 6.92 Å². The second-order valence-electron chi connectivity index (χ2n) is 4.06. The van der Waals surface area contributed by atoms with Crippen LogP contribution in [0.5, 0.6) is 0 Å². The first-order valence-corrected chi connectivity index (χ1v) is 6.30. The second-order valence-corrected chi connectivity index (χ2v) is 4.50. The average molecular weight is 321 g/mol. The fourth-order valence-corrected chi connectivity index (χ4v) is 1.73. The first-order valence-electron chi connectivity index (χ1n) is 5.92. The van der Waals surface area contributed by atoms with Gasteiger partial charge < -0.3 is 4.74 Å². The number of ketones is 2. The van der Waals surface area contributed by atoms with E-state index in [0.29, 0.717) is 6.07 Å². The number of Topliss-reactive ketones (excluding diaryl/α,β-unsaturated/α-hetero) is 2. The highest BCUT2D eigenvalue weighted by Gasteiger charge is 2.36. The van der Waals surface area contributed by atoms with Crippen molar-refractivity contribution in [3.63, 3.8) is 0 Å². The van der Waals surface area contributed by atoms with Crippen LogP contribution in [0.15, 0.2) is 30.0 Å². The predicted octanol–water partition coefficient (Wildman–Crippen LogP) is 4.05. The third-order valence-electron chi connectivity index (χ3n) is 2.52. The van der Waals surface area contributed by atoms with Crippen molar-refractivity contribution in [3.05, 3.63) is 46.2 Å². The van der Waals surface area contributed by atoms with Crippen molar-refractivity contribution >= 4 is 23.2 Å². The Morgan fingerprint density at radius 1 is 1.33 bits per heavy atom. The van der Waals surface area contributed by atoms with Crippen LogP contribution in [0.2, 0.25) is 5.02 Å². The summed E-state index contributed by atoms with van der Waals surface area (Å²) in [6.45, 7) is 2.87. The maximum atomic E-state index is 13.0. The first kappa shape index (κ1) is 17.2. The Bertz CT molecular complexity index is 592. The van der Waals surface area contributed by atoms with Crippen LogP contribution in [0.25, 0.3) is 0 Å². The average Bonchev–Trinajstić information content (AvgIpc) is 2.37. The number of carbonyl (C=O) groups is 2. The molecule has 0 atom stereocenters. The van der Waals surface area contributed by atoms with Gasteiger partial charge in [-0.25, -0.2) is 0 Å². The van der Waals surface area contributed by atoms with E-state index >= 15 is 0 Å². The van der Waals surface area contributed by atoms with E-state index in [4.69, 9.17) is 16.3 Å². The lowest BCUT2D eigenvalue weighted by molar-refractivity contribution is -0.138. The summed E-state index contributed by atoms with van der Waals surface area (Å²) in [5.74, 6) is -1.74. The molecule has 0 aliphatic heterocycles. The summed E-state index contributed by atoms with van der Waals surface area (Å²) >= 11 is 5.54. The van der Waals surface area contributed by atoms with Crippen molar-refractivity contribution in [2.45, 2.75) is 20.0 Å². The standard InChI is InChI=1S/C14H12ClF3O3/c1-3-21-7-11(8(2)19)13(20)10-5-4-9(15)6-12(10)14(16,17)18/h4-7H,3H2,1-2H3/b11-7-. The van der Waals surface area contributed by atoms with Crippen molar-refractivity contribution in [1.29, 1.82) is 0 Å². The summed E-state index contributed by atoms with van der Waals surface area (Å²) in [7, 11) is 0. The Labute approximate surface area is 124 Å². The lowest BCUT2D eigenvalue weighted by Gasteiger charge is -2.13. The Morgan fingerprint density at radius 3 is 2.43 bits per heavy atom. The topological polar surface area (TPSA) is 43.4 Å². The molecular formula is C14H12ClF3O3. The predicted molar refractivity (Wildman–Crippen MR) is 71.2 cm³/mol. The van der Waals surface area contributed by atoms with Gasteiger partial charge in [-0.2, -0.15) is 13.2 Å². The van der Waals surface area contributed by atoms with Crippen molar-refractivity contribution in [2.24, 2.45) is 0 Å². The number of hydrogen-bond acceptors (Lipinski definition) is 3. The normalized spacial score (nSPS) is 12.2. The number of halogens is 4. The van der Waals surface area contributed by atoms with Crippen LogP contribution < -0.4 is 0 Å². The molecule has 3 nitrogen and oxygen atoms in total. The number of alkyl halides is 3. The van der Waals surface area contributed by atoms with Crippen molar-refractivity contribution < 1.29 is 27.5 Å². The van der Waals surface area contributed by atoms with Crippen molar-refractivity contribution in [3.8, 4) is 0 Å². The molecule has 0 aliphatic rings. The molecule has 0 bridgehead atoms. The number of carbonyl (C=O) groups excluding carboxylic acids is 2. The van der Waals surface area contributed by atoms with E-state index in [1.165, 1.54) is 0 Å². The Kier molecular flexibility index (Phi) is 5.54. The van der Waals surface area contributed by atoms with Crippen LogP contribution >= 0.6 is 11.6 Å². The third-order valence-corrected chi connectivity index (χ3v) is 2.76. The Morgan fingerprint density at radius 2 is 1.95 bits per heavy atom. The largest absolute Gasteiger partial charge is 0.501 e. The minimum Gasteiger partial charge on any atom is -0.501 e.